The van der Waals surface area contributed by atoms with Gasteiger partial charge in [-0.1, -0.05) is 95.6 Å². The van der Waals surface area contributed by atoms with Gasteiger partial charge in [0, 0.05) is 19.2 Å². The zero-order chi connectivity index (χ0) is 20.5. The van der Waals surface area contributed by atoms with Gasteiger partial charge in [-0.25, -0.2) is 0 Å². The highest BCUT2D eigenvalue weighted by atomic mass is 35.5. The van der Waals surface area contributed by atoms with Gasteiger partial charge in [0.1, 0.15) is 0 Å². The first-order valence-corrected chi connectivity index (χ1v) is 11.5. The quantitative estimate of drug-likeness (QED) is 0.281. The monoisotopic (exact) mass is 432 g/mol. The molecular weight excluding hydrogens is 388 g/mol. The summed E-state index contributed by atoms with van der Waals surface area (Å²) in [5.41, 5.74) is 5.59. The lowest BCUT2D eigenvalue weighted by Gasteiger charge is -2.22. The van der Waals surface area contributed by atoms with Crippen molar-refractivity contribution in [2.75, 3.05) is 13.2 Å². The van der Waals surface area contributed by atoms with E-state index in [1.54, 1.807) is 0 Å². The van der Waals surface area contributed by atoms with Crippen molar-refractivity contribution in [1.82, 2.24) is 15.0 Å². The highest BCUT2D eigenvalue weighted by Crippen LogP contribution is 2.13. The van der Waals surface area contributed by atoms with Crippen molar-refractivity contribution < 1.29 is 10.2 Å². The summed E-state index contributed by atoms with van der Waals surface area (Å²) in [5, 5.41) is 26.7. The number of rotatable bonds is 19. The number of aliphatic hydroxyl groups is 2. The van der Waals surface area contributed by atoms with Gasteiger partial charge in [0.25, 0.3) is 0 Å². The lowest BCUT2D eigenvalue weighted by Crippen LogP contribution is -2.49. The third kappa shape index (κ3) is 14.0. The molecule has 0 aliphatic rings. The number of nitrogens with zero attached hydrogens (tertiary/aromatic N) is 3. The molecule has 1 aromatic heterocycles. The van der Waals surface area contributed by atoms with Crippen LogP contribution in [-0.2, 0) is 13.0 Å². The molecule has 0 bridgehead atoms. The van der Waals surface area contributed by atoms with Crippen molar-refractivity contribution in [2.45, 2.75) is 115 Å². The van der Waals surface area contributed by atoms with Crippen molar-refractivity contribution in [3.05, 3.63) is 11.9 Å². The van der Waals surface area contributed by atoms with Gasteiger partial charge < -0.3 is 15.9 Å². The zero-order valence-electron chi connectivity index (χ0n) is 18.5. The summed E-state index contributed by atoms with van der Waals surface area (Å²) in [6, 6.07) is 0. The number of hydrogen-bond acceptors (Lipinski definition) is 5. The second-order valence-electron chi connectivity index (χ2n) is 8.42. The molecule has 0 aliphatic heterocycles. The van der Waals surface area contributed by atoms with Gasteiger partial charge in [0.2, 0.25) is 0 Å². The first-order valence-electron chi connectivity index (χ1n) is 11.5. The predicted molar refractivity (Wildman–Crippen MR) is 122 cm³/mol. The lowest BCUT2D eigenvalue weighted by atomic mass is 9.97. The maximum atomic E-state index is 9.26. The fraction of sp³-hybridized carbons (Fsp3) is 0.909. The van der Waals surface area contributed by atoms with E-state index in [1.165, 1.54) is 83.5 Å². The molecule has 0 fully saturated rings. The Labute approximate surface area is 184 Å². The standard InChI is InChI=1S/C22H44N4O2.ClH/c1-2-3-4-5-6-7-8-9-10-11-12-13-14-15-16-26-18-21(24-25-26)17-22(23,19-27)20-28;/h18,27-28H,2-17,19-20,23H2,1H3;1H. The molecular formula is C22H45ClN4O2. The molecule has 0 atom stereocenters. The molecule has 172 valence electrons. The Bertz CT molecular complexity index is 481. The van der Waals surface area contributed by atoms with Crippen LogP contribution in [0.4, 0.5) is 0 Å². The minimum absolute atomic E-state index is 0. The number of aliphatic hydroxyl groups excluding tert-OH is 2. The summed E-state index contributed by atoms with van der Waals surface area (Å²) in [6.45, 7) is 2.60. The van der Waals surface area contributed by atoms with Crippen LogP contribution < -0.4 is 5.73 Å². The van der Waals surface area contributed by atoms with E-state index in [-0.39, 0.29) is 25.6 Å². The Morgan fingerprint density at radius 1 is 0.828 bits per heavy atom. The van der Waals surface area contributed by atoms with Gasteiger partial charge in [0.05, 0.1) is 24.4 Å². The number of hydrogen-bond donors (Lipinski definition) is 3. The van der Waals surface area contributed by atoms with Crippen molar-refractivity contribution in [3.63, 3.8) is 0 Å². The number of unbranched alkanes of at least 4 members (excludes halogenated alkanes) is 13. The van der Waals surface area contributed by atoms with E-state index in [9.17, 15) is 10.2 Å². The maximum Gasteiger partial charge on any atom is 0.0847 e. The molecule has 0 aromatic carbocycles. The van der Waals surface area contributed by atoms with Gasteiger partial charge >= 0.3 is 0 Å². The average Bonchev–Trinajstić information content (AvgIpc) is 3.15. The van der Waals surface area contributed by atoms with Crippen LogP contribution in [0.15, 0.2) is 6.20 Å². The van der Waals surface area contributed by atoms with E-state index in [0.29, 0.717) is 6.42 Å². The van der Waals surface area contributed by atoms with E-state index >= 15 is 0 Å². The molecule has 1 aromatic rings. The Balaban J connectivity index is 0.00000784. The Morgan fingerprint density at radius 2 is 1.28 bits per heavy atom. The largest absolute Gasteiger partial charge is 0.394 e. The summed E-state index contributed by atoms with van der Waals surface area (Å²) >= 11 is 0. The van der Waals surface area contributed by atoms with Crippen LogP contribution in [0, 0.1) is 0 Å². The third-order valence-electron chi connectivity index (χ3n) is 5.49. The summed E-state index contributed by atoms with van der Waals surface area (Å²) in [7, 11) is 0. The molecule has 0 spiro atoms. The van der Waals surface area contributed by atoms with Crippen LogP contribution in [0.5, 0.6) is 0 Å². The molecule has 0 saturated carbocycles. The van der Waals surface area contributed by atoms with E-state index in [2.05, 4.69) is 17.2 Å². The molecule has 1 heterocycles. The third-order valence-corrected chi connectivity index (χ3v) is 5.49. The molecule has 1 rings (SSSR count). The van der Waals surface area contributed by atoms with Crippen molar-refractivity contribution >= 4 is 12.4 Å². The average molecular weight is 433 g/mol. The van der Waals surface area contributed by atoms with Crippen LogP contribution in [0.3, 0.4) is 0 Å². The molecule has 29 heavy (non-hydrogen) atoms. The number of aromatic nitrogens is 3. The molecule has 6 nitrogen and oxygen atoms in total. The van der Waals surface area contributed by atoms with Crippen LogP contribution in [0.1, 0.15) is 103 Å². The van der Waals surface area contributed by atoms with E-state index < -0.39 is 5.54 Å². The Morgan fingerprint density at radius 3 is 1.72 bits per heavy atom. The van der Waals surface area contributed by atoms with Gasteiger partial charge in [-0.2, -0.15) is 0 Å². The summed E-state index contributed by atoms with van der Waals surface area (Å²) in [6.07, 6.45) is 21.2. The van der Waals surface area contributed by atoms with Crippen LogP contribution in [0.25, 0.3) is 0 Å². The maximum absolute atomic E-state index is 9.26. The minimum atomic E-state index is -1.02. The summed E-state index contributed by atoms with van der Waals surface area (Å²) in [5.74, 6) is 0. The molecule has 0 saturated heterocycles. The van der Waals surface area contributed by atoms with Crippen molar-refractivity contribution in [3.8, 4) is 0 Å². The fourth-order valence-corrected chi connectivity index (χ4v) is 3.52. The second-order valence-corrected chi connectivity index (χ2v) is 8.42. The van der Waals surface area contributed by atoms with Gasteiger partial charge in [-0.15, -0.1) is 17.5 Å². The number of nitrogens with two attached hydrogens (primary N) is 1. The van der Waals surface area contributed by atoms with Crippen LogP contribution >= 0.6 is 12.4 Å². The van der Waals surface area contributed by atoms with E-state index in [1.807, 2.05) is 10.9 Å². The predicted octanol–water partition coefficient (Wildman–Crippen LogP) is 4.41. The van der Waals surface area contributed by atoms with Gasteiger partial charge in [-0.05, 0) is 6.42 Å². The summed E-state index contributed by atoms with van der Waals surface area (Å²) < 4.78 is 1.84. The van der Waals surface area contributed by atoms with Crippen LogP contribution in [-0.4, -0.2) is 44.0 Å². The van der Waals surface area contributed by atoms with E-state index in [4.69, 9.17) is 5.73 Å². The van der Waals surface area contributed by atoms with Crippen molar-refractivity contribution in [1.29, 1.82) is 0 Å². The van der Waals surface area contributed by atoms with Crippen molar-refractivity contribution in [2.24, 2.45) is 5.73 Å². The molecule has 7 heteroatoms. The highest BCUT2D eigenvalue weighted by molar-refractivity contribution is 5.85. The fourth-order valence-electron chi connectivity index (χ4n) is 3.52. The molecule has 0 radical (unpaired) electrons. The van der Waals surface area contributed by atoms with E-state index in [0.717, 1.165) is 18.7 Å². The first kappa shape index (κ1) is 28.3. The Hall–Kier alpha value is -0.690. The van der Waals surface area contributed by atoms with Crippen LogP contribution in [0.2, 0.25) is 0 Å². The lowest BCUT2D eigenvalue weighted by molar-refractivity contribution is 0.120. The SMILES string of the molecule is CCCCCCCCCCCCCCCCn1cc(CC(N)(CO)CO)nn1.Cl. The second kappa shape index (κ2) is 18.1. The molecule has 0 aliphatic carbocycles. The summed E-state index contributed by atoms with van der Waals surface area (Å²) in [4.78, 5) is 0. The zero-order valence-corrected chi connectivity index (χ0v) is 19.3. The minimum Gasteiger partial charge on any atom is -0.394 e. The molecule has 0 amide bonds. The Kier molecular flexibility index (Phi) is 17.7. The highest BCUT2D eigenvalue weighted by Gasteiger charge is 2.25. The number of aryl methyl sites for hydroxylation is 1. The van der Waals surface area contributed by atoms with Gasteiger partial charge in [-0.3, -0.25) is 4.68 Å². The number of halogens is 1. The topological polar surface area (TPSA) is 97.2 Å². The molecule has 0 unspecified atom stereocenters. The normalized spacial score (nSPS) is 11.6. The smallest absolute Gasteiger partial charge is 0.0847 e. The van der Waals surface area contributed by atoms with Gasteiger partial charge in [0.15, 0.2) is 0 Å². The first-order chi connectivity index (χ1) is 13.6. The molecule has 4 N–H and O–H groups in total.